The highest BCUT2D eigenvalue weighted by Crippen LogP contribution is 2.18. The normalized spacial score (nSPS) is 15.8. The molecule has 0 unspecified atom stereocenters. The van der Waals surface area contributed by atoms with Crippen molar-refractivity contribution < 1.29 is 4.79 Å². The van der Waals surface area contributed by atoms with E-state index in [-0.39, 0.29) is 12.1 Å². The third-order valence-electron chi connectivity index (χ3n) is 4.11. The summed E-state index contributed by atoms with van der Waals surface area (Å²) in [6, 6.07) is 3.64. The molecular weight excluding hydrogens is 304 g/mol. The number of amides is 2. The number of hydrogen-bond donors (Lipinski definition) is 2. The Morgan fingerprint density at radius 2 is 2.12 bits per heavy atom. The van der Waals surface area contributed by atoms with E-state index in [1.165, 1.54) is 19.3 Å². The number of urea groups is 1. The van der Waals surface area contributed by atoms with Crippen LogP contribution in [0.4, 0.5) is 16.3 Å². The lowest BCUT2D eigenvalue weighted by atomic mass is 10.1. The van der Waals surface area contributed by atoms with Crippen molar-refractivity contribution >= 4 is 17.5 Å². The molecule has 2 amide bonds. The van der Waals surface area contributed by atoms with Gasteiger partial charge in [0.2, 0.25) is 0 Å². The highest BCUT2D eigenvalue weighted by molar-refractivity contribution is 5.89. The Labute approximate surface area is 142 Å². The molecule has 1 aliphatic heterocycles. The number of nitrogens with zero attached hydrogens (tertiary/aromatic N) is 4. The summed E-state index contributed by atoms with van der Waals surface area (Å²) in [5.41, 5.74) is 0.697. The molecule has 0 spiro atoms. The van der Waals surface area contributed by atoms with Crippen LogP contribution in [0.1, 0.15) is 26.2 Å². The van der Waals surface area contributed by atoms with Gasteiger partial charge < -0.3 is 20.1 Å². The van der Waals surface area contributed by atoms with Crippen molar-refractivity contribution in [2.24, 2.45) is 0 Å². The molecule has 3 rings (SSSR count). The topological polar surface area (TPSA) is 75.1 Å². The van der Waals surface area contributed by atoms with Gasteiger partial charge in [-0.15, -0.1) is 0 Å². The quantitative estimate of drug-likeness (QED) is 0.884. The molecule has 0 aliphatic carbocycles. The van der Waals surface area contributed by atoms with Gasteiger partial charge in [-0.05, 0) is 38.3 Å². The highest BCUT2D eigenvalue weighted by atomic mass is 16.2. The van der Waals surface area contributed by atoms with Gasteiger partial charge >= 0.3 is 6.03 Å². The van der Waals surface area contributed by atoms with Crippen molar-refractivity contribution in [3.05, 3.63) is 37.1 Å². The lowest BCUT2D eigenvalue weighted by molar-refractivity contribution is 0.248. The maximum Gasteiger partial charge on any atom is 0.319 e. The van der Waals surface area contributed by atoms with Crippen LogP contribution in [0.25, 0.3) is 0 Å². The fourth-order valence-corrected chi connectivity index (χ4v) is 2.92. The number of pyridine rings is 1. The number of imidazole rings is 1. The summed E-state index contributed by atoms with van der Waals surface area (Å²) in [5.74, 6) is 0.981. The predicted molar refractivity (Wildman–Crippen MR) is 94.1 cm³/mol. The van der Waals surface area contributed by atoms with Gasteiger partial charge in [0.15, 0.2) is 0 Å². The van der Waals surface area contributed by atoms with Crippen LogP contribution in [0.5, 0.6) is 0 Å². The van der Waals surface area contributed by atoms with Crippen LogP contribution in [0.3, 0.4) is 0 Å². The lowest BCUT2D eigenvalue weighted by Gasteiger charge is -2.27. The molecule has 1 saturated heterocycles. The molecule has 1 atom stereocenters. The van der Waals surface area contributed by atoms with Gasteiger partial charge in [0, 0.05) is 38.1 Å². The summed E-state index contributed by atoms with van der Waals surface area (Å²) < 4.78 is 1.93. The van der Waals surface area contributed by atoms with Crippen LogP contribution in [0.2, 0.25) is 0 Å². The van der Waals surface area contributed by atoms with Gasteiger partial charge in [-0.2, -0.15) is 0 Å². The van der Waals surface area contributed by atoms with E-state index >= 15 is 0 Å². The Morgan fingerprint density at radius 3 is 2.79 bits per heavy atom. The average molecular weight is 328 g/mol. The second kappa shape index (κ2) is 7.81. The summed E-state index contributed by atoms with van der Waals surface area (Å²) in [4.78, 5) is 22.8. The van der Waals surface area contributed by atoms with Gasteiger partial charge in [-0.1, -0.05) is 0 Å². The van der Waals surface area contributed by atoms with Gasteiger partial charge in [0.25, 0.3) is 0 Å². The molecule has 128 valence electrons. The van der Waals surface area contributed by atoms with E-state index in [0.29, 0.717) is 12.2 Å². The van der Waals surface area contributed by atoms with E-state index in [4.69, 9.17) is 0 Å². The standard InChI is InChI=1S/C17H24N6O/c1-14(12-22-10-7-18-13-22)20-17(24)21-15-5-6-16(19-11-15)23-8-3-2-4-9-23/h5-7,10-11,13-14H,2-4,8-9,12H2,1H3,(H2,20,21,24)/t14-/m0/s1. The molecule has 3 heterocycles. The van der Waals surface area contributed by atoms with Crippen molar-refractivity contribution in [1.29, 1.82) is 0 Å². The van der Waals surface area contributed by atoms with Gasteiger partial charge in [-0.3, -0.25) is 0 Å². The molecule has 0 bridgehead atoms. The minimum atomic E-state index is -0.227. The minimum absolute atomic E-state index is 0.000202. The van der Waals surface area contributed by atoms with E-state index in [1.807, 2.05) is 29.8 Å². The lowest BCUT2D eigenvalue weighted by Crippen LogP contribution is -2.38. The fraction of sp³-hybridized carbons (Fsp3) is 0.471. The number of piperidine rings is 1. The zero-order valence-electron chi connectivity index (χ0n) is 14.0. The number of anilines is 2. The maximum absolute atomic E-state index is 12.1. The number of carbonyl (C=O) groups excluding carboxylic acids is 1. The van der Waals surface area contributed by atoms with Crippen LogP contribution >= 0.6 is 0 Å². The number of hydrogen-bond acceptors (Lipinski definition) is 4. The molecule has 7 nitrogen and oxygen atoms in total. The van der Waals surface area contributed by atoms with Crippen molar-refractivity contribution in [1.82, 2.24) is 19.9 Å². The van der Waals surface area contributed by atoms with E-state index in [0.717, 1.165) is 18.9 Å². The Hall–Kier alpha value is -2.57. The molecular formula is C17H24N6O. The number of nitrogens with one attached hydrogen (secondary N) is 2. The molecule has 2 aromatic rings. The predicted octanol–water partition coefficient (Wildman–Crippen LogP) is 2.48. The molecule has 1 aliphatic rings. The van der Waals surface area contributed by atoms with E-state index in [9.17, 15) is 4.79 Å². The first-order valence-electron chi connectivity index (χ1n) is 8.45. The Kier molecular flexibility index (Phi) is 5.30. The Bertz CT molecular complexity index is 634. The van der Waals surface area contributed by atoms with Crippen molar-refractivity contribution in [3.63, 3.8) is 0 Å². The zero-order valence-corrected chi connectivity index (χ0v) is 14.0. The third-order valence-corrected chi connectivity index (χ3v) is 4.11. The number of rotatable bonds is 5. The number of aromatic nitrogens is 3. The second-order valence-corrected chi connectivity index (χ2v) is 6.21. The van der Waals surface area contributed by atoms with Gasteiger partial charge in [0.05, 0.1) is 18.2 Å². The van der Waals surface area contributed by atoms with Crippen LogP contribution in [0, 0.1) is 0 Å². The second-order valence-electron chi connectivity index (χ2n) is 6.21. The number of carbonyl (C=O) groups is 1. The molecule has 2 aromatic heterocycles. The average Bonchev–Trinajstić information content (AvgIpc) is 3.09. The van der Waals surface area contributed by atoms with Crippen LogP contribution in [-0.2, 0) is 6.54 Å². The molecule has 7 heteroatoms. The van der Waals surface area contributed by atoms with Gasteiger partial charge in [-0.25, -0.2) is 14.8 Å². The summed E-state index contributed by atoms with van der Waals surface area (Å²) in [5, 5.41) is 5.73. The van der Waals surface area contributed by atoms with Crippen molar-refractivity contribution in [2.75, 3.05) is 23.3 Å². The molecule has 1 fully saturated rings. The molecule has 0 radical (unpaired) electrons. The molecule has 0 saturated carbocycles. The summed E-state index contributed by atoms with van der Waals surface area (Å²) in [7, 11) is 0. The van der Waals surface area contributed by atoms with Crippen molar-refractivity contribution in [3.8, 4) is 0 Å². The van der Waals surface area contributed by atoms with Crippen molar-refractivity contribution in [2.45, 2.75) is 38.8 Å². The Morgan fingerprint density at radius 1 is 1.29 bits per heavy atom. The summed E-state index contributed by atoms with van der Waals surface area (Å²) in [6.07, 6.45) is 10.8. The fourth-order valence-electron chi connectivity index (χ4n) is 2.92. The summed E-state index contributed by atoms with van der Waals surface area (Å²) in [6.45, 7) is 4.76. The first kappa shape index (κ1) is 16.3. The largest absolute Gasteiger partial charge is 0.357 e. The maximum atomic E-state index is 12.1. The van der Waals surface area contributed by atoms with E-state index < -0.39 is 0 Å². The van der Waals surface area contributed by atoms with Crippen LogP contribution < -0.4 is 15.5 Å². The summed E-state index contributed by atoms with van der Waals surface area (Å²) >= 11 is 0. The van der Waals surface area contributed by atoms with Gasteiger partial charge in [0.1, 0.15) is 5.82 Å². The molecule has 2 N–H and O–H groups in total. The van der Waals surface area contributed by atoms with Crippen LogP contribution in [-0.4, -0.2) is 39.7 Å². The van der Waals surface area contributed by atoms with E-state index in [2.05, 4.69) is 25.5 Å². The first-order valence-corrected chi connectivity index (χ1v) is 8.45. The first-order chi connectivity index (χ1) is 11.7. The third kappa shape index (κ3) is 4.47. The van der Waals surface area contributed by atoms with Crippen LogP contribution in [0.15, 0.2) is 37.1 Å². The minimum Gasteiger partial charge on any atom is -0.357 e. The SMILES string of the molecule is C[C@@H](Cn1ccnc1)NC(=O)Nc1ccc(N2CCCCC2)nc1. The zero-order chi connectivity index (χ0) is 16.8. The highest BCUT2D eigenvalue weighted by Gasteiger charge is 2.12. The molecule has 0 aromatic carbocycles. The Balaban J connectivity index is 1.48. The van der Waals surface area contributed by atoms with E-state index in [1.54, 1.807) is 18.7 Å². The monoisotopic (exact) mass is 328 g/mol. The molecule has 24 heavy (non-hydrogen) atoms. The smallest absolute Gasteiger partial charge is 0.319 e.